The Bertz CT molecular complexity index is 1100. The molecule has 1 saturated heterocycles. The third-order valence-electron chi connectivity index (χ3n) is 4.78. The smallest absolute Gasteiger partial charge is 0.414 e. The first-order valence-corrected chi connectivity index (χ1v) is 8.38. The van der Waals surface area contributed by atoms with Gasteiger partial charge in [-0.05, 0) is 30.3 Å². The molecule has 4 aromatic rings. The van der Waals surface area contributed by atoms with Gasteiger partial charge in [0.05, 0.1) is 23.9 Å². The third-order valence-corrected chi connectivity index (χ3v) is 4.78. The summed E-state index contributed by atoms with van der Waals surface area (Å²) < 4.78 is 5.07. The van der Waals surface area contributed by atoms with Gasteiger partial charge in [0.25, 0.3) is 0 Å². The lowest BCUT2D eigenvalue weighted by Crippen LogP contribution is -2.35. The van der Waals surface area contributed by atoms with Crippen molar-refractivity contribution in [1.29, 1.82) is 0 Å². The molecule has 0 unspecified atom stereocenters. The highest BCUT2D eigenvalue weighted by molar-refractivity contribution is 5.99. The van der Waals surface area contributed by atoms with Crippen molar-refractivity contribution < 1.29 is 14.6 Å². The molecule has 7 nitrogen and oxygen atoms in total. The fourth-order valence-corrected chi connectivity index (χ4v) is 3.47. The van der Waals surface area contributed by atoms with Crippen LogP contribution >= 0.6 is 0 Å². The van der Waals surface area contributed by atoms with Gasteiger partial charge in [0, 0.05) is 22.0 Å². The number of benzene rings is 2. The zero-order valence-electron chi connectivity index (χ0n) is 13.8. The van der Waals surface area contributed by atoms with Crippen LogP contribution in [0.5, 0.6) is 0 Å². The van der Waals surface area contributed by atoms with Crippen LogP contribution in [0.25, 0.3) is 33.2 Å². The Morgan fingerprint density at radius 1 is 1.19 bits per heavy atom. The van der Waals surface area contributed by atoms with Gasteiger partial charge in [-0.2, -0.15) is 5.10 Å². The lowest BCUT2D eigenvalue weighted by atomic mass is 10.1. The van der Waals surface area contributed by atoms with Gasteiger partial charge in [-0.15, -0.1) is 0 Å². The first-order valence-electron chi connectivity index (χ1n) is 8.38. The minimum Gasteiger partial charge on any atom is -0.447 e. The molecule has 3 heterocycles. The van der Waals surface area contributed by atoms with Crippen LogP contribution in [0.1, 0.15) is 0 Å². The molecule has 130 valence electrons. The van der Waals surface area contributed by atoms with E-state index in [0.29, 0.717) is 5.69 Å². The second kappa shape index (κ2) is 5.60. The molecule has 0 saturated carbocycles. The quantitative estimate of drug-likeness (QED) is 0.530. The molecule has 7 heteroatoms. The number of fused-ring (bicyclic) bond motifs is 2. The number of carbonyl (C=O) groups is 1. The van der Waals surface area contributed by atoms with Gasteiger partial charge in [0.15, 0.2) is 0 Å². The maximum Gasteiger partial charge on any atom is 0.414 e. The van der Waals surface area contributed by atoms with Crippen LogP contribution in [-0.4, -0.2) is 45.6 Å². The molecule has 0 bridgehead atoms. The summed E-state index contributed by atoms with van der Waals surface area (Å²) in [7, 11) is 0. The zero-order chi connectivity index (χ0) is 17.7. The number of para-hydroxylation sites is 1. The number of anilines is 1. The second-order valence-electron chi connectivity index (χ2n) is 6.36. The summed E-state index contributed by atoms with van der Waals surface area (Å²) in [5, 5.41) is 19.0. The largest absolute Gasteiger partial charge is 0.447 e. The number of aromatic nitrogens is 3. The van der Waals surface area contributed by atoms with Crippen molar-refractivity contribution in [3.8, 4) is 11.4 Å². The first-order chi connectivity index (χ1) is 12.7. The van der Waals surface area contributed by atoms with Crippen LogP contribution in [-0.2, 0) is 4.74 Å². The number of H-pyrrole nitrogens is 2. The number of rotatable bonds is 3. The van der Waals surface area contributed by atoms with Crippen LogP contribution in [0.4, 0.5) is 10.5 Å². The van der Waals surface area contributed by atoms with Gasteiger partial charge in [0.1, 0.15) is 12.3 Å². The lowest BCUT2D eigenvalue weighted by Gasteiger charge is -2.19. The van der Waals surface area contributed by atoms with E-state index in [1.807, 2.05) is 42.5 Å². The Balaban J connectivity index is 1.64. The van der Waals surface area contributed by atoms with E-state index in [4.69, 9.17) is 4.74 Å². The number of nitrogens with zero attached hydrogens (tertiary/aromatic N) is 2. The molecule has 1 fully saturated rings. The molecule has 1 atom stereocenters. The summed E-state index contributed by atoms with van der Waals surface area (Å²) in [4.78, 5) is 16.9. The number of nitrogens with one attached hydrogen (secondary N) is 2. The van der Waals surface area contributed by atoms with Crippen molar-refractivity contribution in [3.05, 3.63) is 48.5 Å². The van der Waals surface area contributed by atoms with E-state index in [1.54, 1.807) is 0 Å². The minimum atomic E-state index is -0.445. The van der Waals surface area contributed by atoms with E-state index in [1.165, 1.54) is 4.90 Å². The lowest BCUT2D eigenvalue weighted by molar-refractivity contribution is 0.174. The van der Waals surface area contributed by atoms with Gasteiger partial charge in [-0.25, -0.2) is 4.79 Å². The van der Waals surface area contributed by atoms with E-state index in [2.05, 4.69) is 21.2 Å². The number of hydrogen-bond donors (Lipinski definition) is 3. The number of aliphatic hydroxyl groups excluding tert-OH is 1. The van der Waals surface area contributed by atoms with E-state index in [0.717, 1.165) is 33.2 Å². The molecule has 1 aliphatic rings. The maximum atomic E-state index is 12.1. The number of cyclic esters (lactones) is 1. The van der Waals surface area contributed by atoms with Gasteiger partial charge in [-0.1, -0.05) is 18.2 Å². The summed E-state index contributed by atoms with van der Waals surface area (Å²) in [6.45, 7) is 0.0394. The van der Waals surface area contributed by atoms with Gasteiger partial charge in [0.2, 0.25) is 0 Å². The molecule has 1 amide bonds. The summed E-state index contributed by atoms with van der Waals surface area (Å²) in [6, 6.07) is 15.3. The Kier molecular flexibility index (Phi) is 3.23. The highest BCUT2D eigenvalue weighted by Gasteiger charge is 2.34. The van der Waals surface area contributed by atoms with Crippen LogP contribution in [0.15, 0.2) is 48.5 Å². The monoisotopic (exact) mass is 348 g/mol. The standard InChI is InChI=1S/C19H16N4O3/c24-9-13-10-26-19(25)23(13)12-5-6-16-14(8-12)18(22-21-16)17-7-11-3-1-2-4-15(11)20-17/h1-8,13,20,24H,9-10H2,(H,21,22)/t13-/m1/s1. The summed E-state index contributed by atoms with van der Waals surface area (Å²) in [6.07, 6.45) is -0.445. The second-order valence-corrected chi connectivity index (χ2v) is 6.36. The predicted molar refractivity (Wildman–Crippen MR) is 98.1 cm³/mol. The van der Waals surface area contributed by atoms with E-state index < -0.39 is 6.09 Å². The van der Waals surface area contributed by atoms with Crippen molar-refractivity contribution in [2.75, 3.05) is 18.1 Å². The molecule has 0 aliphatic carbocycles. The normalized spacial score (nSPS) is 17.3. The number of aromatic amines is 2. The summed E-state index contributed by atoms with van der Waals surface area (Å²) >= 11 is 0. The molecule has 3 N–H and O–H groups in total. The number of aliphatic hydroxyl groups is 1. The molecule has 0 radical (unpaired) electrons. The zero-order valence-corrected chi connectivity index (χ0v) is 13.8. The molecule has 2 aromatic heterocycles. The van der Waals surface area contributed by atoms with Gasteiger partial charge < -0.3 is 14.8 Å². The summed E-state index contributed by atoms with van der Waals surface area (Å²) in [5.41, 5.74) is 4.27. The van der Waals surface area contributed by atoms with Crippen LogP contribution in [0.3, 0.4) is 0 Å². The molecule has 26 heavy (non-hydrogen) atoms. The number of hydrogen-bond acceptors (Lipinski definition) is 4. The fourth-order valence-electron chi connectivity index (χ4n) is 3.47. The molecular weight excluding hydrogens is 332 g/mol. The molecular formula is C19H16N4O3. The average molecular weight is 348 g/mol. The molecule has 1 aliphatic heterocycles. The van der Waals surface area contributed by atoms with Crippen molar-refractivity contribution in [2.24, 2.45) is 0 Å². The minimum absolute atomic E-state index is 0.149. The Morgan fingerprint density at radius 3 is 2.92 bits per heavy atom. The first kappa shape index (κ1) is 15.0. The summed E-state index contributed by atoms with van der Waals surface area (Å²) in [5.74, 6) is 0. The fraction of sp³-hybridized carbons (Fsp3) is 0.158. The van der Waals surface area contributed by atoms with E-state index in [-0.39, 0.29) is 19.3 Å². The van der Waals surface area contributed by atoms with Gasteiger partial charge >= 0.3 is 6.09 Å². The van der Waals surface area contributed by atoms with Crippen LogP contribution in [0.2, 0.25) is 0 Å². The predicted octanol–water partition coefficient (Wildman–Crippen LogP) is 3.03. The Hall–Kier alpha value is -3.32. The van der Waals surface area contributed by atoms with E-state index >= 15 is 0 Å². The van der Waals surface area contributed by atoms with Crippen molar-refractivity contribution in [1.82, 2.24) is 15.2 Å². The average Bonchev–Trinajstić information content (AvgIpc) is 3.36. The molecule has 0 spiro atoms. The third kappa shape index (κ3) is 2.18. The SMILES string of the molecule is O=C1OC[C@@H](CO)N1c1ccc2[nH]nc(-c3cc4ccccc4[nH]3)c2c1. The number of carbonyl (C=O) groups excluding carboxylic acids is 1. The highest BCUT2D eigenvalue weighted by atomic mass is 16.6. The van der Waals surface area contributed by atoms with E-state index in [9.17, 15) is 9.90 Å². The maximum absolute atomic E-state index is 12.1. The van der Waals surface area contributed by atoms with Crippen molar-refractivity contribution in [3.63, 3.8) is 0 Å². The van der Waals surface area contributed by atoms with Crippen molar-refractivity contribution >= 4 is 33.6 Å². The van der Waals surface area contributed by atoms with Crippen molar-refractivity contribution in [2.45, 2.75) is 6.04 Å². The van der Waals surface area contributed by atoms with Crippen LogP contribution in [0, 0.1) is 0 Å². The number of amides is 1. The Morgan fingerprint density at radius 2 is 2.08 bits per heavy atom. The number of ether oxygens (including phenoxy) is 1. The Labute approximate surface area is 148 Å². The highest BCUT2D eigenvalue weighted by Crippen LogP contribution is 2.32. The molecule has 5 rings (SSSR count). The molecule has 2 aromatic carbocycles. The van der Waals surface area contributed by atoms with Gasteiger partial charge in [-0.3, -0.25) is 10.00 Å². The van der Waals surface area contributed by atoms with Crippen LogP contribution < -0.4 is 4.90 Å². The topological polar surface area (TPSA) is 94.2 Å².